The highest BCUT2D eigenvalue weighted by molar-refractivity contribution is 6.10. The molecule has 0 fully saturated rings. The van der Waals surface area contributed by atoms with Gasteiger partial charge >= 0.3 is 5.97 Å². The number of nitro benzene ring substituents is 1. The number of rotatable bonds is 7. The van der Waals surface area contributed by atoms with E-state index in [1.165, 1.54) is 24.3 Å². The van der Waals surface area contributed by atoms with Crippen LogP contribution in [0.3, 0.4) is 0 Å². The highest BCUT2D eigenvalue weighted by Crippen LogP contribution is 2.33. The summed E-state index contributed by atoms with van der Waals surface area (Å²) in [6.45, 7) is 0.267. The van der Waals surface area contributed by atoms with Crippen LogP contribution in [-0.4, -0.2) is 26.8 Å². The van der Waals surface area contributed by atoms with E-state index in [2.05, 4.69) is 0 Å². The molecule has 0 saturated carbocycles. The van der Waals surface area contributed by atoms with Gasteiger partial charge in [-0.3, -0.25) is 14.9 Å². The maximum Gasteiger partial charge on any atom is 0.335 e. The first-order valence-electron chi connectivity index (χ1n) is 11.4. The Hall–Kier alpha value is -5.24. The zero-order valence-corrected chi connectivity index (χ0v) is 19.4. The fourth-order valence-corrected chi connectivity index (χ4v) is 4.08. The summed E-state index contributed by atoms with van der Waals surface area (Å²) in [5.74, 6) is -0.234. The van der Waals surface area contributed by atoms with Gasteiger partial charge in [-0.1, -0.05) is 42.5 Å². The van der Waals surface area contributed by atoms with Crippen LogP contribution in [0, 0.1) is 10.1 Å². The van der Waals surface area contributed by atoms with E-state index in [4.69, 9.17) is 9.52 Å². The number of nitrogens with zero attached hydrogens (tertiary/aromatic N) is 2. The Kier molecular flexibility index (Phi) is 6.22. The number of carboxylic acids is 1. The summed E-state index contributed by atoms with van der Waals surface area (Å²) >= 11 is 0. The van der Waals surface area contributed by atoms with E-state index in [0.29, 0.717) is 22.7 Å². The van der Waals surface area contributed by atoms with Gasteiger partial charge in [0.1, 0.15) is 11.5 Å². The van der Waals surface area contributed by atoms with E-state index in [1.807, 2.05) is 30.3 Å². The van der Waals surface area contributed by atoms with E-state index < -0.39 is 10.9 Å². The van der Waals surface area contributed by atoms with Crippen LogP contribution >= 0.6 is 0 Å². The molecule has 8 heteroatoms. The Morgan fingerprint density at radius 3 is 2.27 bits per heavy atom. The van der Waals surface area contributed by atoms with Crippen LogP contribution in [0.1, 0.15) is 27.2 Å². The van der Waals surface area contributed by atoms with Gasteiger partial charge in [0, 0.05) is 23.3 Å². The number of benzene rings is 3. The summed E-state index contributed by atoms with van der Waals surface area (Å²) in [4.78, 5) is 36.7. The Morgan fingerprint density at radius 1 is 0.919 bits per heavy atom. The quantitative estimate of drug-likeness (QED) is 0.192. The first-order valence-corrected chi connectivity index (χ1v) is 11.4. The molecular weight excluding hydrogens is 472 g/mol. The summed E-state index contributed by atoms with van der Waals surface area (Å²) in [6, 6.07) is 25.5. The molecule has 2 heterocycles. The monoisotopic (exact) mass is 492 g/mol. The lowest BCUT2D eigenvalue weighted by atomic mass is 10.1. The lowest BCUT2D eigenvalue weighted by Crippen LogP contribution is -2.25. The minimum absolute atomic E-state index is 0.00882. The maximum atomic E-state index is 13.5. The summed E-state index contributed by atoms with van der Waals surface area (Å²) in [7, 11) is 0. The first kappa shape index (κ1) is 23.5. The standard InChI is InChI=1S/C29H20N2O6/c32-28-23(16-25-14-15-27(37-25)21-10-12-24(13-11-21)31(35)36)17-26(20-4-2-1-3-5-20)30(28)18-19-6-8-22(9-7-19)29(33)34/h1-17H,18H2,(H,33,34). The third kappa shape index (κ3) is 4.94. The van der Waals surface area contributed by atoms with Gasteiger partial charge in [-0.15, -0.1) is 0 Å². The van der Waals surface area contributed by atoms with Crippen LogP contribution in [0.2, 0.25) is 0 Å². The van der Waals surface area contributed by atoms with Crippen LogP contribution < -0.4 is 0 Å². The Morgan fingerprint density at radius 2 is 1.62 bits per heavy atom. The van der Waals surface area contributed by atoms with Gasteiger partial charge in [0.25, 0.3) is 11.6 Å². The second-order valence-electron chi connectivity index (χ2n) is 8.39. The summed E-state index contributed by atoms with van der Waals surface area (Å²) in [6.07, 6.45) is 3.46. The minimum Gasteiger partial charge on any atom is -0.478 e. The topological polar surface area (TPSA) is 114 Å². The van der Waals surface area contributed by atoms with Crippen molar-refractivity contribution in [3.63, 3.8) is 0 Å². The van der Waals surface area contributed by atoms with Crippen molar-refractivity contribution in [3.05, 3.63) is 135 Å². The van der Waals surface area contributed by atoms with E-state index >= 15 is 0 Å². The van der Waals surface area contributed by atoms with Crippen LogP contribution in [0.5, 0.6) is 0 Å². The molecule has 1 amide bonds. The van der Waals surface area contributed by atoms with Crippen molar-refractivity contribution in [2.45, 2.75) is 6.54 Å². The molecular formula is C29H20N2O6. The van der Waals surface area contributed by atoms with Gasteiger partial charge in [-0.2, -0.15) is 0 Å². The Balaban J connectivity index is 1.44. The molecule has 0 radical (unpaired) electrons. The molecule has 182 valence electrons. The zero-order valence-electron chi connectivity index (χ0n) is 19.4. The maximum absolute atomic E-state index is 13.5. The third-order valence-electron chi connectivity index (χ3n) is 5.97. The van der Waals surface area contributed by atoms with Crippen LogP contribution in [0.4, 0.5) is 5.69 Å². The van der Waals surface area contributed by atoms with E-state index in [1.54, 1.807) is 53.5 Å². The molecule has 5 rings (SSSR count). The summed E-state index contributed by atoms with van der Waals surface area (Å²) < 4.78 is 5.91. The predicted octanol–water partition coefficient (Wildman–Crippen LogP) is 6.02. The normalized spacial score (nSPS) is 14.2. The van der Waals surface area contributed by atoms with Crippen LogP contribution in [-0.2, 0) is 11.3 Å². The van der Waals surface area contributed by atoms with Gasteiger partial charge in [0.15, 0.2) is 0 Å². The van der Waals surface area contributed by atoms with Crippen molar-refractivity contribution in [2.24, 2.45) is 0 Å². The highest BCUT2D eigenvalue weighted by Gasteiger charge is 2.29. The molecule has 0 bridgehead atoms. The molecule has 1 aliphatic rings. The first-order chi connectivity index (χ1) is 17.9. The van der Waals surface area contributed by atoms with Crippen molar-refractivity contribution in [1.29, 1.82) is 0 Å². The molecule has 0 saturated heterocycles. The van der Waals surface area contributed by atoms with Crippen LogP contribution in [0.15, 0.2) is 107 Å². The van der Waals surface area contributed by atoms with E-state index in [9.17, 15) is 19.7 Å². The zero-order chi connectivity index (χ0) is 25.9. The van der Waals surface area contributed by atoms with Gasteiger partial charge in [0.05, 0.1) is 22.7 Å². The Labute approximate surface area is 211 Å². The molecule has 8 nitrogen and oxygen atoms in total. The molecule has 1 aliphatic heterocycles. The number of non-ortho nitro benzene ring substituents is 1. The Bertz CT molecular complexity index is 1550. The summed E-state index contributed by atoms with van der Waals surface area (Å²) in [5.41, 5.74) is 3.67. The number of nitro groups is 1. The number of hydrogen-bond acceptors (Lipinski definition) is 5. The molecule has 0 unspecified atom stereocenters. The number of hydrogen-bond donors (Lipinski definition) is 1. The molecule has 4 aromatic rings. The van der Waals surface area contributed by atoms with Crippen molar-refractivity contribution >= 4 is 29.3 Å². The lowest BCUT2D eigenvalue weighted by molar-refractivity contribution is -0.384. The molecule has 0 aliphatic carbocycles. The molecule has 1 aromatic heterocycles. The lowest BCUT2D eigenvalue weighted by Gasteiger charge is -2.21. The van der Waals surface area contributed by atoms with E-state index in [-0.39, 0.29) is 23.7 Å². The van der Waals surface area contributed by atoms with Crippen LogP contribution in [0.25, 0.3) is 23.1 Å². The number of aromatic carboxylic acids is 1. The molecule has 3 aromatic carbocycles. The van der Waals surface area contributed by atoms with Gasteiger partial charge in [-0.25, -0.2) is 4.79 Å². The number of carboxylic acid groups (broad SMARTS) is 1. The van der Waals surface area contributed by atoms with Crippen molar-refractivity contribution < 1.29 is 24.0 Å². The van der Waals surface area contributed by atoms with Crippen molar-refractivity contribution in [1.82, 2.24) is 4.90 Å². The van der Waals surface area contributed by atoms with Crippen molar-refractivity contribution in [3.8, 4) is 11.3 Å². The predicted molar refractivity (Wildman–Crippen MR) is 137 cm³/mol. The average molecular weight is 492 g/mol. The SMILES string of the molecule is O=C(O)c1ccc(CN2C(=O)C(=Cc3ccc(-c4ccc([N+](=O)[O-])cc4)o3)C=C2c2ccccc2)cc1. The second kappa shape index (κ2) is 9.79. The number of furan rings is 1. The molecule has 0 atom stereocenters. The average Bonchev–Trinajstić information content (AvgIpc) is 3.50. The smallest absolute Gasteiger partial charge is 0.335 e. The number of carbonyl (C=O) groups is 2. The van der Waals surface area contributed by atoms with Crippen molar-refractivity contribution in [2.75, 3.05) is 0 Å². The molecule has 0 spiro atoms. The van der Waals surface area contributed by atoms with E-state index in [0.717, 1.165) is 16.8 Å². The van der Waals surface area contributed by atoms with Gasteiger partial charge < -0.3 is 14.4 Å². The number of carbonyl (C=O) groups excluding carboxylic acids is 1. The van der Waals surface area contributed by atoms with Gasteiger partial charge in [0.2, 0.25) is 0 Å². The fourth-order valence-electron chi connectivity index (χ4n) is 4.08. The largest absolute Gasteiger partial charge is 0.478 e. The molecule has 37 heavy (non-hydrogen) atoms. The highest BCUT2D eigenvalue weighted by atomic mass is 16.6. The minimum atomic E-state index is -1.01. The fraction of sp³-hybridized carbons (Fsp3) is 0.0345. The third-order valence-corrected chi connectivity index (χ3v) is 5.97. The number of amides is 1. The molecule has 1 N–H and O–H groups in total. The summed E-state index contributed by atoms with van der Waals surface area (Å²) in [5, 5.41) is 20.1. The second-order valence-corrected chi connectivity index (χ2v) is 8.39. The van der Waals surface area contributed by atoms with Gasteiger partial charge in [-0.05, 0) is 59.7 Å².